The molecule has 1 fully saturated rings. The number of aliphatic hydroxyl groups is 1. The van der Waals surface area contributed by atoms with Crippen LogP contribution >= 0.6 is 0 Å². The van der Waals surface area contributed by atoms with Crippen LogP contribution in [0.15, 0.2) is 48.5 Å². The molecule has 1 heterocycles. The third-order valence-corrected chi connectivity index (χ3v) is 7.45. The van der Waals surface area contributed by atoms with Gasteiger partial charge in [0.2, 0.25) is 0 Å². The highest BCUT2D eigenvalue weighted by Crippen LogP contribution is 2.44. The number of piperidine rings is 1. The van der Waals surface area contributed by atoms with Crippen LogP contribution in [0.25, 0.3) is 0 Å². The van der Waals surface area contributed by atoms with Crippen molar-refractivity contribution in [2.75, 3.05) is 40.4 Å². The van der Waals surface area contributed by atoms with E-state index in [0.29, 0.717) is 55.6 Å². The van der Waals surface area contributed by atoms with Crippen molar-refractivity contribution in [1.82, 2.24) is 15.5 Å². The standard InChI is InChI=1S/C31H46FN3O4/c1-23(2)19-26(21-33-3)34-30(36)35-17-10-11-24(22-35)31(37,16-7-8-18-38-4)28-14-5-6-15-29(28)39-27-13-9-12-25(32)20-27/h5-6,9,12-15,20,23-24,26,33,37H,7-8,10-11,16-19,21-22H2,1-4H3,(H,34,36)/t24-,26+,31+/m1/s1. The Kier molecular flexibility index (Phi) is 12.0. The summed E-state index contributed by atoms with van der Waals surface area (Å²) in [7, 11) is 3.57. The van der Waals surface area contributed by atoms with Gasteiger partial charge in [0.25, 0.3) is 0 Å². The molecule has 0 radical (unpaired) electrons. The van der Waals surface area contributed by atoms with Crippen LogP contribution < -0.4 is 15.4 Å². The summed E-state index contributed by atoms with van der Waals surface area (Å²) in [5.41, 5.74) is -0.578. The summed E-state index contributed by atoms with van der Waals surface area (Å²) in [6.45, 7) is 6.71. The number of halogens is 1. The molecule has 1 aliphatic rings. The van der Waals surface area contributed by atoms with Gasteiger partial charge in [0.05, 0.1) is 5.60 Å². The van der Waals surface area contributed by atoms with E-state index >= 15 is 0 Å². The second-order valence-corrected chi connectivity index (χ2v) is 11.0. The first-order valence-corrected chi connectivity index (χ1v) is 14.2. The minimum absolute atomic E-state index is 0.0381. The number of ether oxygens (including phenoxy) is 2. The monoisotopic (exact) mass is 543 g/mol. The Morgan fingerprint density at radius 3 is 2.72 bits per heavy atom. The van der Waals surface area contributed by atoms with E-state index in [9.17, 15) is 14.3 Å². The normalized spacial score (nSPS) is 18.0. The van der Waals surface area contributed by atoms with Crippen LogP contribution in [0.3, 0.4) is 0 Å². The maximum Gasteiger partial charge on any atom is 0.317 e. The van der Waals surface area contributed by atoms with E-state index in [0.717, 1.165) is 32.1 Å². The number of nitrogens with zero attached hydrogens (tertiary/aromatic N) is 1. The number of likely N-dealkylation sites (N-methyl/N-ethyl adjacent to an activating group) is 1. The minimum atomic E-state index is -1.24. The van der Waals surface area contributed by atoms with Gasteiger partial charge in [0.15, 0.2) is 0 Å². The molecule has 1 aliphatic heterocycles. The molecule has 7 nitrogen and oxygen atoms in total. The van der Waals surface area contributed by atoms with Crippen molar-refractivity contribution in [3.63, 3.8) is 0 Å². The second-order valence-electron chi connectivity index (χ2n) is 11.0. The molecule has 2 aromatic rings. The molecule has 216 valence electrons. The van der Waals surface area contributed by atoms with Crippen molar-refractivity contribution in [2.45, 2.75) is 64.0 Å². The zero-order chi connectivity index (χ0) is 28.3. The minimum Gasteiger partial charge on any atom is -0.457 e. The number of likely N-dealkylation sites (tertiary alicyclic amines) is 1. The number of para-hydroxylation sites is 1. The van der Waals surface area contributed by atoms with Gasteiger partial charge in [-0.1, -0.05) is 38.1 Å². The Labute approximate surface area is 233 Å². The molecule has 0 unspecified atom stereocenters. The quantitative estimate of drug-likeness (QED) is 0.267. The van der Waals surface area contributed by atoms with Gasteiger partial charge in [0.1, 0.15) is 17.3 Å². The molecule has 3 atom stereocenters. The Bertz CT molecular complexity index is 1040. The molecule has 0 aromatic heterocycles. The van der Waals surface area contributed by atoms with E-state index in [1.54, 1.807) is 19.2 Å². The predicted molar refractivity (Wildman–Crippen MR) is 153 cm³/mol. The predicted octanol–water partition coefficient (Wildman–Crippen LogP) is 5.68. The van der Waals surface area contributed by atoms with Crippen molar-refractivity contribution in [2.24, 2.45) is 11.8 Å². The highest BCUT2D eigenvalue weighted by molar-refractivity contribution is 5.74. The van der Waals surface area contributed by atoms with E-state index < -0.39 is 5.60 Å². The third-order valence-electron chi connectivity index (χ3n) is 7.45. The van der Waals surface area contributed by atoms with Gasteiger partial charge in [-0.15, -0.1) is 0 Å². The summed E-state index contributed by atoms with van der Waals surface area (Å²) < 4.78 is 25.2. The summed E-state index contributed by atoms with van der Waals surface area (Å²) >= 11 is 0. The van der Waals surface area contributed by atoms with Gasteiger partial charge in [-0.05, 0) is 69.7 Å². The van der Waals surface area contributed by atoms with Crippen LogP contribution in [-0.2, 0) is 10.3 Å². The van der Waals surface area contributed by atoms with Crippen LogP contribution in [0.5, 0.6) is 11.5 Å². The summed E-state index contributed by atoms with van der Waals surface area (Å²) in [4.78, 5) is 15.2. The van der Waals surface area contributed by atoms with Crippen LogP contribution in [0.2, 0.25) is 0 Å². The smallest absolute Gasteiger partial charge is 0.317 e. The highest BCUT2D eigenvalue weighted by Gasteiger charge is 2.43. The zero-order valence-electron chi connectivity index (χ0n) is 23.9. The number of carbonyl (C=O) groups is 1. The number of carbonyl (C=O) groups excluding carboxylic acids is 1. The fraction of sp³-hybridized carbons (Fsp3) is 0.581. The average Bonchev–Trinajstić information content (AvgIpc) is 2.91. The molecule has 39 heavy (non-hydrogen) atoms. The fourth-order valence-corrected chi connectivity index (χ4v) is 5.60. The fourth-order valence-electron chi connectivity index (χ4n) is 5.60. The molecule has 2 amide bonds. The highest BCUT2D eigenvalue weighted by atomic mass is 19.1. The Hall–Kier alpha value is -2.68. The number of rotatable bonds is 14. The number of unbranched alkanes of at least 4 members (excludes halogenated alkanes) is 1. The van der Waals surface area contributed by atoms with Crippen molar-refractivity contribution in [1.29, 1.82) is 0 Å². The lowest BCUT2D eigenvalue weighted by atomic mass is 9.73. The molecule has 3 rings (SSSR count). The van der Waals surface area contributed by atoms with Gasteiger partial charge >= 0.3 is 6.03 Å². The second kappa shape index (κ2) is 15.2. The largest absolute Gasteiger partial charge is 0.457 e. The molecule has 8 heteroatoms. The summed E-state index contributed by atoms with van der Waals surface area (Å²) in [6, 6.07) is 13.4. The maximum atomic E-state index is 13.9. The number of urea groups is 1. The van der Waals surface area contributed by atoms with Gasteiger partial charge in [0, 0.05) is 56.9 Å². The van der Waals surface area contributed by atoms with Gasteiger partial charge in [-0.3, -0.25) is 0 Å². The molecule has 2 aromatic carbocycles. The molecule has 0 aliphatic carbocycles. The van der Waals surface area contributed by atoms with E-state index in [-0.39, 0.29) is 23.8 Å². The SMILES string of the molecule is CNC[C@H](CC(C)C)NC(=O)N1CCC[C@@H]([C@@](O)(CCCCOC)c2ccccc2Oc2cccc(F)c2)C1. The van der Waals surface area contributed by atoms with Crippen LogP contribution in [0, 0.1) is 17.7 Å². The van der Waals surface area contributed by atoms with Crippen molar-refractivity contribution in [3.8, 4) is 11.5 Å². The molecule has 3 N–H and O–H groups in total. The van der Waals surface area contributed by atoms with E-state index in [1.165, 1.54) is 12.1 Å². The summed E-state index contributed by atoms with van der Waals surface area (Å²) in [5.74, 6) is 0.747. The van der Waals surface area contributed by atoms with Gasteiger partial charge in [-0.2, -0.15) is 0 Å². The molecule has 0 bridgehead atoms. The number of methoxy groups -OCH3 is 1. The first kappa shape index (κ1) is 30.9. The van der Waals surface area contributed by atoms with Crippen molar-refractivity contribution in [3.05, 3.63) is 59.9 Å². The number of benzene rings is 2. The van der Waals surface area contributed by atoms with E-state index in [4.69, 9.17) is 9.47 Å². The number of hydrogen-bond donors (Lipinski definition) is 3. The topological polar surface area (TPSA) is 83.1 Å². The van der Waals surface area contributed by atoms with Crippen LogP contribution in [0.4, 0.5) is 9.18 Å². The Balaban J connectivity index is 1.86. The van der Waals surface area contributed by atoms with E-state index in [1.807, 2.05) is 36.2 Å². The van der Waals surface area contributed by atoms with Gasteiger partial charge < -0.3 is 30.1 Å². The number of hydrogen-bond acceptors (Lipinski definition) is 5. The molecule has 1 saturated heterocycles. The first-order valence-electron chi connectivity index (χ1n) is 14.2. The Morgan fingerprint density at radius 1 is 1.21 bits per heavy atom. The van der Waals surface area contributed by atoms with E-state index in [2.05, 4.69) is 24.5 Å². The Morgan fingerprint density at radius 2 is 2.00 bits per heavy atom. The zero-order valence-corrected chi connectivity index (χ0v) is 23.9. The van der Waals surface area contributed by atoms with Gasteiger partial charge in [-0.25, -0.2) is 9.18 Å². The third kappa shape index (κ3) is 8.92. The molecular formula is C31H46FN3O4. The molecular weight excluding hydrogens is 497 g/mol. The number of nitrogens with one attached hydrogen (secondary N) is 2. The number of amides is 2. The van der Waals surface area contributed by atoms with Crippen molar-refractivity contribution < 1.29 is 23.8 Å². The first-order chi connectivity index (χ1) is 18.8. The van der Waals surface area contributed by atoms with Crippen LogP contribution in [-0.4, -0.2) is 62.5 Å². The molecule has 0 saturated carbocycles. The maximum absolute atomic E-state index is 13.9. The summed E-state index contributed by atoms with van der Waals surface area (Å²) in [5, 5.41) is 18.8. The average molecular weight is 544 g/mol. The lowest BCUT2D eigenvalue weighted by Crippen LogP contribution is -2.54. The lowest BCUT2D eigenvalue weighted by Gasteiger charge is -2.43. The van der Waals surface area contributed by atoms with Crippen molar-refractivity contribution >= 4 is 6.03 Å². The lowest BCUT2D eigenvalue weighted by molar-refractivity contribution is -0.0575. The summed E-state index contributed by atoms with van der Waals surface area (Å²) in [6.07, 6.45) is 4.52. The van der Waals surface area contributed by atoms with Crippen LogP contribution in [0.1, 0.15) is 57.9 Å². The molecule has 0 spiro atoms.